The van der Waals surface area contributed by atoms with E-state index in [4.69, 9.17) is 23.8 Å². The van der Waals surface area contributed by atoms with Gasteiger partial charge in [-0.3, -0.25) is 0 Å². The first kappa shape index (κ1) is 30.8. The first-order chi connectivity index (χ1) is 27.7. The van der Waals surface area contributed by atoms with E-state index in [2.05, 4.69) is 146 Å². The molecule has 0 aliphatic heterocycles. The lowest BCUT2D eigenvalue weighted by Gasteiger charge is -2.13. The third-order valence-corrected chi connectivity index (χ3v) is 11.1. The second kappa shape index (κ2) is 11.9. The monoisotopic (exact) mass is 715 g/mol. The number of aromatic nitrogens is 3. The molecule has 0 saturated carbocycles. The Balaban J connectivity index is 1.15. The number of hydrogen-bond donors (Lipinski definition) is 0. The van der Waals surface area contributed by atoms with E-state index in [1.807, 2.05) is 30.3 Å². The van der Waals surface area contributed by atoms with E-state index in [1.54, 1.807) is 0 Å². The summed E-state index contributed by atoms with van der Waals surface area (Å²) in [5.74, 6) is 1.77. The van der Waals surface area contributed by atoms with Crippen molar-refractivity contribution in [3.63, 3.8) is 0 Å². The molecule has 0 aliphatic carbocycles. The van der Waals surface area contributed by atoms with Gasteiger partial charge < -0.3 is 8.83 Å². The molecule has 0 bridgehead atoms. The van der Waals surface area contributed by atoms with Crippen LogP contribution in [0.2, 0.25) is 0 Å². The van der Waals surface area contributed by atoms with Crippen LogP contribution in [0, 0.1) is 0 Å². The second-order valence-electron chi connectivity index (χ2n) is 14.3. The van der Waals surface area contributed by atoms with Gasteiger partial charge in [-0.2, -0.15) is 0 Å². The van der Waals surface area contributed by atoms with Crippen LogP contribution in [0.3, 0.4) is 0 Å². The maximum atomic E-state index is 6.67. The number of rotatable bonds is 4. The lowest BCUT2D eigenvalue weighted by molar-refractivity contribution is 0.669. The van der Waals surface area contributed by atoms with Crippen LogP contribution in [0.15, 0.2) is 185 Å². The van der Waals surface area contributed by atoms with Gasteiger partial charge in [0, 0.05) is 43.8 Å². The van der Waals surface area contributed by atoms with Gasteiger partial charge in [0.05, 0.1) is 0 Å². The number of furan rings is 2. The van der Waals surface area contributed by atoms with Gasteiger partial charge in [-0.25, -0.2) is 15.0 Å². The Hall–Kier alpha value is -7.63. The zero-order valence-corrected chi connectivity index (χ0v) is 29.9. The summed E-state index contributed by atoms with van der Waals surface area (Å²) in [6.07, 6.45) is 0. The first-order valence-electron chi connectivity index (χ1n) is 18.8. The van der Waals surface area contributed by atoms with Crippen molar-refractivity contribution in [3.05, 3.63) is 176 Å². The zero-order valence-electron chi connectivity index (χ0n) is 29.9. The van der Waals surface area contributed by atoms with Crippen molar-refractivity contribution in [3.8, 4) is 45.3 Å². The summed E-state index contributed by atoms with van der Waals surface area (Å²) in [7, 11) is 0. The lowest BCUT2D eigenvalue weighted by Crippen LogP contribution is -2.01. The maximum Gasteiger partial charge on any atom is 0.164 e. The van der Waals surface area contributed by atoms with Crippen molar-refractivity contribution >= 4 is 76.2 Å². The highest BCUT2D eigenvalue weighted by atomic mass is 16.3. The molecule has 0 N–H and O–H groups in total. The Labute approximate surface area is 320 Å². The Morgan fingerprint density at radius 1 is 0.304 bits per heavy atom. The Bertz CT molecular complexity index is 3550. The van der Waals surface area contributed by atoms with E-state index in [-0.39, 0.29) is 0 Å². The van der Waals surface area contributed by atoms with Crippen molar-refractivity contribution in [2.75, 3.05) is 0 Å². The van der Waals surface area contributed by atoms with Crippen LogP contribution in [-0.2, 0) is 0 Å². The van der Waals surface area contributed by atoms with E-state index >= 15 is 0 Å². The Morgan fingerprint density at radius 3 is 1.84 bits per heavy atom. The third kappa shape index (κ3) is 4.64. The van der Waals surface area contributed by atoms with Gasteiger partial charge in [-0.05, 0) is 68.2 Å². The predicted octanol–water partition coefficient (Wildman–Crippen LogP) is 13.8. The number of hydrogen-bond acceptors (Lipinski definition) is 5. The van der Waals surface area contributed by atoms with Crippen LogP contribution in [0.1, 0.15) is 0 Å². The molecule has 12 rings (SSSR count). The summed E-state index contributed by atoms with van der Waals surface area (Å²) in [4.78, 5) is 16.0. The van der Waals surface area contributed by atoms with Gasteiger partial charge in [0.25, 0.3) is 0 Å². The molecule has 0 atom stereocenters. The normalized spacial score (nSPS) is 11.9. The fourth-order valence-electron chi connectivity index (χ4n) is 8.55. The Morgan fingerprint density at radius 2 is 0.946 bits per heavy atom. The zero-order chi connectivity index (χ0) is 36.7. The molecule has 0 fully saturated rings. The van der Waals surface area contributed by atoms with Gasteiger partial charge in [0.15, 0.2) is 17.5 Å². The summed E-state index contributed by atoms with van der Waals surface area (Å²) in [5.41, 5.74) is 8.19. The highest BCUT2D eigenvalue weighted by Gasteiger charge is 2.21. The van der Waals surface area contributed by atoms with Gasteiger partial charge in [0.2, 0.25) is 0 Å². The highest BCUT2D eigenvalue weighted by molar-refractivity contribution is 6.20. The summed E-state index contributed by atoms with van der Waals surface area (Å²) < 4.78 is 13.0. The quantitative estimate of drug-likeness (QED) is 0.170. The molecule has 0 radical (unpaired) electrons. The minimum Gasteiger partial charge on any atom is -0.456 e. The topological polar surface area (TPSA) is 65.0 Å². The smallest absolute Gasteiger partial charge is 0.164 e. The van der Waals surface area contributed by atoms with Gasteiger partial charge in [0.1, 0.15) is 22.3 Å². The van der Waals surface area contributed by atoms with Crippen LogP contribution in [0.25, 0.3) is 121 Å². The van der Waals surface area contributed by atoms with Crippen LogP contribution >= 0.6 is 0 Å². The number of nitrogens with zero attached hydrogens (tertiary/aromatic N) is 3. The molecular formula is C51H29N3O2. The van der Waals surface area contributed by atoms with Crippen LogP contribution in [-0.4, -0.2) is 15.0 Å². The SMILES string of the molecule is c1ccc(-c2cccc3c2oc2cccc(-c4nc(-c5ccc6ccc7oc8ccccc8c7c6c5)nc(-c5cc6ccccc6c6ccccc56)n4)c23)cc1. The van der Waals surface area contributed by atoms with Gasteiger partial charge in [-0.15, -0.1) is 0 Å². The molecule has 3 aromatic heterocycles. The number of para-hydroxylation sites is 2. The van der Waals surface area contributed by atoms with Crippen LogP contribution < -0.4 is 0 Å². The van der Waals surface area contributed by atoms with Crippen molar-refractivity contribution in [2.24, 2.45) is 0 Å². The Kier molecular flexibility index (Phi) is 6.56. The molecule has 5 nitrogen and oxygen atoms in total. The highest BCUT2D eigenvalue weighted by Crippen LogP contribution is 2.42. The van der Waals surface area contributed by atoms with Crippen LogP contribution in [0.5, 0.6) is 0 Å². The van der Waals surface area contributed by atoms with E-state index in [9.17, 15) is 0 Å². The van der Waals surface area contributed by atoms with Crippen molar-refractivity contribution in [1.82, 2.24) is 15.0 Å². The van der Waals surface area contributed by atoms with Gasteiger partial charge >= 0.3 is 0 Å². The molecule has 0 saturated heterocycles. The molecular weight excluding hydrogens is 687 g/mol. The molecule has 0 spiro atoms. The standard InChI is InChI=1S/C51H29N3O2/c1-2-12-30(13-3-1)35-19-10-20-39-47-40(21-11-23-44(47)56-48(35)39)50-52-49(33-25-24-31-26-27-45-46(41(31)29-33)38-18-8-9-22-43(38)55-45)53-51(54-50)42-28-32-14-4-5-15-34(32)36-16-6-7-17-37(36)42/h1-29H. The fourth-order valence-corrected chi connectivity index (χ4v) is 8.55. The molecule has 0 unspecified atom stereocenters. The second-order valence-corrected chi connectivity index (χ2v) is 14.3. The summed E-state index contributed by atoms with van der Waals surface area (Å²) in [5, 5.41) is 10.9. The van der Waals surface area contributed by atoms with Crippen LogP contribution in [0.4, 0.5) is 0 Å². The van der Waals surface area contributed by atoms with E-state index in [0.29, 0.717) is 17.5 Å². The van der Waals surface area contributed by atoms with E-state index < -0.39 is 0 Å². The molecule has 0 aliphatic rings. The third-order valence-electron chi connectivity index (χ3n) is 11.1. The largest absolute Gasteiger partial charge is 0.456 e. The minimum absolute atomic E-state index is 0.577. The predicted molar refractivity (Wildman–Crippen MR) is 229 cm³/mol. The van der Waals surface area contributed by atoms with Crippen molar-refractivity contribution in [1.29, 1.82) is 0 Å². The molecule has 5 heteroatoms. The van der Waals surface area contributed by atoms with E-state index in [0.717, 1.165) is 98.6 Å². The van der Waals surface area contributed by atoms with Gasteiger partial charge in [-0.1, -0.05) is 146 Å². The first-order valence-corrected chi connectivity index (χ1v) is 18.8. The summed E-state index contributed by atoms with van der Waals surface area (Å²) >= 11 is 0. The summed E-state index contributed by atoms with van der Waals surface area (Å²) in [6.45, 7) is 0. The molecule has 260 valence electrons. The molecule has 12 aromatic rings. The van der Waals surface area contributed by atoms with Crippen molar-refractivity contribution < 1.29 is 8.83 Å². The van der Waals surface area contributed by atoms with E-state index in [1.165, 1.54) is 5.39 Å². The average Bonchev–Trinajstić information content (AvgIpc) is 3.85. The van der Waals surface area contributed by atoms with Crippen molar-refractivity contribution in [2.45, 2.75) is 0 Å². The average molecular weight is 716 g/mol. The molecule has 3 heterocycles. The maximum absolute atomic E-state index is 6.67. The lowest BCUT2D eigenvalue weighted by atomic mass is 9.96. The number of benzene rings is 9. The number of fused-ring (bicyclic) bond motifs is 11. The molecule has 9 aromatic carbocycles. The molecule has 56 heavy (non-hydrogen) atoms. The molecule has 0 amide bonds. The minimum atomic E-state index is 0.577. The summed E-state index contributed by atoms with van der Waals surface area (Å²) in [6, 6.07) is 60.9. The fraction of sp³-hybridized carbons (Fsp3) is 0.